The van der Waals surface area contributed by atoms with Crippen LogP contribution in [0.25, 0.3) is 0 Å². The summed E-state index contributed by atoms with van der Waals surface area (Å²) in [5.74, 6) is 0.956. The van der Waals surface area contributed by atoms with Gasteiger partial charge in [0, 0.05) is 5.92 Å². The molecule has 1 N–H and O–H groups in total. The first-order valence-electron chi connectivity index (χ1n) is 4.99. The molecule has 0 amide bonds. The lowest BCUT2D eigenvalue weighted by Gasteiger charge is -2.21. The Labute approximate surface area is 82.5 Å². The zero-order valence-corrected chi connectivity index (χ0v) is 8.00. The Bertz CT molecular complexity index is 301. The second kappa shape index (κ2) is 4.21. The molecular weight excluding hydrogens is 180 g/mol. The predicted molar refractivity (Wildman–Crippen MR) is 51.2 cm³/mol. The fraction of sp³-hybridized carbons (Fsp3) is 0.667. The standard InChI is InChI=1S/C9H14N4O/c14-12-9(13-7-10-6-11-13)8-4-2-1-3-5-8/h6-8,14H,1-5H2. The van der Waals surface area contributed by atoms with Crippen LogP contribution < -0.4 is 0 Å². The first-order chi connectivity index (χ1) is 6.92. The maximum absolute atomic E-state index is 8.95. The van der Waals surface area contributed by atoms with E-state index in [4.69, 9.17) is 5.21 Å². The summed E-state index contributed by atoms with van der Waals surface area (Å²) in [5, 5.41) is 16.3. The molecule has 1 aliphatic carbocycles. The normalized spacial score (nSPS) is 19.9. The summed E-state index contributed by atoms with van der Waals surface area (Å²) in [5.41, 5.74) is 0. The van der Waals surface area contributed by atoms with Gasteiger partial charge in [0.05, 0.1) is 0 Å². The van der Waals surface area contributed by atoms with E-state index in [1.165, 1.54) is 25.6 Å². The quantitative estimate of drug-likeness (QED) is 0.319. The average Bonchev–Trinajstić information content (AvgIpc) is 2.74. The molecule has 2 rings (SSSR count). The van der Waals surface area contributed by atoms with E-state index in [9.17, 15) is 0 Å². The summed E-state index contributed by atoms with van der Waals surface area (Å²) < 4.78 is 1.55. The molecule has 1 aromatic heterocycles. The van der Waals surface area contributed by atoms with Gasteiger partial charge in [0.15, 0.2) is 5.84 Å². The zero-order chi connectivity index (χ0) is 9.80. The van der Waals surface area contributed by atoms with E-state index in [-0.39, 0.29) is 0 Å². The van der Waals surface area contributed by atoms with Crippen LogP contribution in [-0.4, -0.2) is 25.8 Å². The first-order valence-corrected chi connectivity index (χ1v) is 4.99. The van der Waals surface area contributed by atoms with Crippen LogP contribution in [0.1, 0.15) is 32.1 Å². The zero-order valence-electron chi connectivity index (χ0n) is 8.00. The Hall–Kier alpha value is -1.39. The van der Waals surface area contributed by atoms with Gasteiger partial charge in [-0.15, -0.1) is 0 Å². The average molecular weight is 194 g/mol. The van der Waals surface area contributed by atoms with Gasteiger partial charge in [-0.3, -0.25) is 0 Å². The summed E-state index contributed by atoms with van der Waals surface area (Å²) >= 11 is 0. The highest BCUT2D eigenvalue weighted by Gasteiger charge is 2.21. The molecular formula is C9H14N4O. The van der Waals surface area contributed by atoms with Crippen LogP contribution in [0, 0.1) is 5.92 Å². The van der Waals surface area contributed by atoms with Gasteiger partial charge in [-0.2, -0.15) is 5.10 Å². The topological polar surface area (TPSA) is 63.3 Å². The van der Waals surface area contributed by atoms with Crippen LogP contribution in [0.15, 0.2) is 17.8 Å². The van der Waals surface area contributed by atoms with E-state index in [1.807, 2.05) is 0 Å². The Morgan fingerprint density at radius 2 is 2.14 bits per heavy atom. The summed E-state index contributed by atoms with van der Waals surface area (Å²) in [4.78, 5) is 3.85. The molecule has 0 radical (unpaired) electrons. The van der Waals surface area contributed by atoms with Crippen LogP contribution in [-0.2, 0) is 0 Å². The van der Waals surface area contributed by atoms with Crippen LogP contribution in [0.3, 0.4) is 0 Å². The predicted octanol–water partition coefficient (Wildman–Crippen LogP) is 1.49. The number of hydrogen-bond acceptors (Lipinski definition) is 4. The van der Waals surface area contributed by atoms with Crippen LogP contribution in [0.2, 0.25) is 0 Å². The van der Waals surface area contributed by atoms with Crippen molar-refractivity contribution in [1.29, 1.82) is 0 Å². The second-order valence-electron chi connectivity index (χ2n) is 3.63. The molecule has 0 saturated heterocycles. The van der Waals surface area contributed by atoms with E-state index in [1.54, 1.807) is 11.0 Å². The molecule has 0 aliphatic heterocycles. The van der Waals surface area contributed by atoms with Crippen LogP contribution in [0.5, 0.6) is 0 Å². The van der Waals surface area contributed by atoms with Gasteiger partial charge in [0.25, 0.3) is 0 Å². The van der Waals surface area contributed by atoms with Crippen molar-refractivity contribution in [3.05, 3.63) is 12.7 Å². The molecule has 1 aliphatic rings. The van der Waals surface area contributed by atoms with Crippen molar-refractivity contribution in [3.63, 3.8) is 0 Å². The lowest BCUT2D eigenvalue weighted by Crippen LogP contribution is -2.25. The number of aromatic nitrogens is 3. The molecule has 5 nitrogen and oxygen atoms in total. The smallest absolute Gasteiger partial charge is 0.173 e. The Morgan fingerprint density at radius 3 is 2.71 bits per heavy atom. The van der Waals surface area contributed by atoms with Crippen LogP contribution in [0.4, 0.5) is 0 Å². The van der Waals surface area contributed by atoms with Gasteiger partial charge < -0.3 is 5.21 Å². The highest BCUT2D eigenvalue weighted by molar-refractivity contribution is 5.85. The molecule has 0 spiro atoms. The van der Waals surface area contributed by atoms with Gasteiger partial charge in [-0.1, -0.05) is 24.4 Å². The Kier molecular flexibility index (Phi) is 2.76. The van der Waals surface area contributed by atoms with Crippen molar-refractivity contribution >= 4 is 5.84 Å². The second-order valence-corrected chi connectivity index (χ2v) is 3.63. The number of nitrogens with zero attached hydrogens (tertiary/aromatic N) is 4. The molecule has 0 aromatic carbocycles. The summed E-state index contributed by atoms with van der Waals surface area (Å²) in [7, 11) is 0. The van der Waals surface area contributed by atoms with Gasteiger partial charge in [-0.25, -0.2) is 9.67 Å². The highest BCUT2D eigenvalue weighted by Crippen LogP contribution is 2.25. The van der Waals surface area contributed by atoms with Crippen LogP contribution >= 0.6 is 0 Å². The fourth-order valence-electron chi connectivity index (χ4n) is 2.00. The minimum absolute atomic E-state index is 0.329. The number of rotatable bonds is 1. The molecule has 1 heterocycles. The summed E-state index contributed by atoms with van der Waals surface area (Å²) in [6.45, 7) is 0. The molecule has 1 fully saturated rings. The van der Waals surface area contributed by atoms with Crippen molar-refractivity contribution in [3.8, 4) is 0 Å². The fourth-order valence-corrected chi connectivity index (χ4v) is 2.00. The van der Waals surface area contributed by atoms with Crippen molar-refractivity contribution in [2.75, 3.05) is 0 Å². The first kappa shape index (κ1) is 9.18. The van der Waals surface area contributed by atoms with E-state index in [0.29, 0.717) is 11.8 Å². The van der Waals surface area contributed by atoms with Gasteiger partial charge in [-0.05, 0) is 12.8 Å². The lowest BCUT2D eigenvalue weighted by molar-refractivity contribution is 0.305. The van der Waals surface area contributed by atoms with Crippen molar-refractivity contribution in [2.45, 2.75) is 32.1 Å². The Morgan fingerprint density at radius 1 is 1.36 bits per heavy atom. The molecule has 0 bridgehead atoms. The van der Waals surface area contributed by atoms with Gasteiger partial charge >= 0.3 is 0 Å². The third-order valence-corrected chi connectivity index (χ3v) is 2.73. The monoisotopic (exact) mass is 194 g/mol. The van der Waals surface area contributed by atoms with E-state index < -0.39 is 0 Å². The molecule has 1 aromatic rings. The molecule has 1 saturated carbocycles. The highest BCUT2D eigenvalue weighted by atomic mass is 16.4. The molecule has 14 heavy (non-hydrogen) atoms. The number of oxime groups is 1. The molecule has 5 heteroatoms. The van der Waals surface area contributed by atoms with Crippen molar-refractivity contribution in [1.82, 2.24) is 14.8 Å². The maximum atomic E-state index is 8.95. The number of hydrogen-bond donors (Lipinski definition) is 1. The Balaban J connectivity index is 2.13. The lowest BCUT2D eigenvalue weighted by atomic mass is 9.88. The SMILES string of the molecule is ON=C(C1CCCCC1)n1cncn1. The van der Waals surface area contributed by atoms with Gasteiger partial charge in [0.1, 0.15) is 12.7 Å². The van der Waals surface area contributed by atoms with E-state index in [0.717, 1.165) is 12.8 Å². The van der Waals surface area contributed by atoms with Crippen molar-refractivity contribution < 1.29 is 5.21 Å². The minimum atomic E-state index is 0.329. The molecule has 0 unspecified atom stereocenters. The summed E-state index contributed by atoms with van der Waals surface area (Å²) in [6, 6.07) is 0. The molecule has 76 valence electrons. The third kappa shape index (κ3) is 1.76. The summed E-state index contributed by atoms with van der Waals surface area (Å²) in [6.07, 6.45) is 8.89. The van der Waals surface area contributed by atoms with Crippen molar-refractivity contribution in [2.24, 2.45) is 11.1 Å². The molecule has 0 atom stereocenters. The maximum Gasteiger partial charge on any atom is 0.173 e. The minimum Gasteiger partial charge on any atom is -0.409 e. The third-order valence-electron chi connectivity index (χ3n) is 2.73. The van der Waals surface area contributed by atoms with E-state index in [2.05, 4.69) is 15.2 Å². The van der Waals surface area contributed by atoms with Gasteiger partial charge in [0.2, 0.25) is 0 Å². The largest absolute Gasteiger partial charge is 0.409 e. The van der Waals surface area contributed by atoms with E-state index >= 15 is 0 Å².